The average Bonchev–Trinajstić information content (AvgIpc) is 2.72. The first-order valence-corrected chi connectivity index (χ1v) is 8.40. The molecule has 1 aromatic heterocycles. The summed E-state index contributed by atoms with van der Waals surface area (Å²) in [4.78, 5) is 8.88. The summed E-state index contributed by atoms with van der Waals surface area (Å²) >= 11 is 0. The molecule has 0 fully saturated rings. The molecule has 0 saturated carbocycles. The molecule has 3 aromatic carbocycles. The van der Waals surface area contributed by atoms with Crippen LogP contribution in [0.5, 0.6) is 11.5 Å². The van der Waals surface area contributed by atoms with E-state index in [2.05, 4.69) is 9.97 Å². The van der Waals surface area contributed by atoms with Gasteiger partial charge in [-0.05, 0) is 11.6 Å². The van der Waals surface area contributed by atoms with Crippen molar-refractivity contribution in [1.29, 1.82) is 0 Å². The van der Waals surface area contributed by atoms with Crippen LogP contribution in [-0.4, -0.2) is 17.1 Å². The molecule has 0 aliphatic rings. The molecule has 0 saturated heterocycles. The summed E-state index contributed by atoms with van der Waals surface area (Å²) in [5.41, 5.74) is 3.84. The van der Waals surface area contributed by atoms with Crippen LogP contribution in [0.2, 0.25) is 0 Å². The molecule has 1 heterocycles. The summed E-state index contributed by atoms with van der Waals surface area (Å²) < 4.78 is 11.5. The Kier molecular flexibility index (Phi) is 4.48. The molecule has 0 aliphatic heterocycles. The third-order valence-corrected chi connectivity index (χ3v) is 4.21. The number of hydrogen-bond acceptors (Lipinski definition) is 4. The van der Waals surface area contributed by atoms with Crippen molar-refractivity contribution < 1.29 is 9.47 Å². The molecular weight excluding hydrogens is 324 g/mol. The second-order valence-corrected chi connectivity index (χ2v) is 5.88. The lowest BCUT2D eigenvalue weighted by atomic mass is 10.1. The Balaban J connectivity index is 1.74. The summed E-state index contributed by atoms with van der Waals surface area (Å²) in [6, 6.07) is 23.9. The van der Waals surface area contributed by atoms with Crippen molar-refractivity contribution in [3.05, 3.63) is 84.7 Å². The molecule has 0 atom stereocenters. The Morgan fingerprint density at radius 3 is 2.27 bits per heavy atom. The number of hydrogen-bond donors (Lipinski definition) is 0. The van der Waals surface area contributed by atoms with E-state index in [1.54, 1.807) is 13.4 Å². The van der Waals surface area contributed by atoms with Gasteiger partial charge >= 0.3 is 0 Å². The normalized spacial score (nSPS) is 10.7. The van der Waals surface area contributed by atoms with E-state index in [9.17, 15) is 0 Å². The fourth-order valence-electron chi connectivity index (χ4n) is 2.90. The third kappa shape index (κ3) is 3.22. The Hall–Kier alpha value is -3.40. The molecular formula is C22H18N2O2. The molecule has 4 aromatic rings. The topological polar surface area (TPSA) is 44.2 Å². The van der Waals surface area contributed by atoms with Crippen LogP contribution in [0.25, 0.3) is 22.2 Å². The van der Waals surface area contributed by atoms with Gasteiger partial charge in [0, 0.05) is 17.0 Å². The van der Waals surface area contributed by atoms with Crippen LogP contribution in [0.1, 0.15) is 5.56 Å². The molecule has 0 spiro atoms. The van der Waals surface area contributed by atoms with E-state index < -0.39 is 0 Å². The van der Waals surface area contributed by atoms with Crippen LogP contribution in [-0.2, 0) is 6.61 Å². The molecule has 0 amide bonds. The van der Waals surface area contributed by atoms with Gasteiger partial charge in [0.1, 0.15) is 12.9 Å². The van der Waals surface area contributed by atoms with Gasteiger partial charge in [0.15, 0.2) is 11.5 Å². The number of aromatic nitrogens is 2. The minimum Gasteiger partial charge on any atom is -0.493 e. The molecule has 0 unspecified atom stereocenters. The first-order chi connectivity index (χ1) is 12.8. The number of nitrogens with zero attached hydrogens (tertiary/aromatic N) is 2. The molecule has 0 N–H and O–H groups in total. The van der Waals surface area contributed by atoms with Crippen molar-refractivity contribution in [3.63, 3.8) is 0 Å². The quantitative estimate of drug-likeness (QED) is 0.518. The van der Waals surface area contributed by atoms with Gasteiger partial charge in [0.05, 0.1) is 18.3 Å². The van der Waals surface area contributed by atoms with Crippen LogP contribution in [0.4, 0.5) is 0 Å². The van der Waals surface area contributed by atoms with Gasteiger partial charge in [-0.25, -0.2) is 9.97 Å². The van der Waals surface area contributed by atoms with Gasteiger partial charge in [0.25, 0.3) is 0 Å². The van der Waals surface area contributed by atoms with E-state index in [0.29, 0.717) is 18.1 Å². The smallest absolute Gasteiger partial charge is 0.163 e. The Morgan fingerprint density at radius 2 is 1.54 bits per heavy atom. The highest BCUT2D eigenvalue weighted by Crippen LogP contribution is 2.35. The fourth-order valence-corrected chi connectivity index (χ4v) is 2.90. The second-order valence-electron chi connectivity index (χ2n) is 5.88. The van der Waals surface area contributed by atoms with Crippen molar-refractivity contribution in [2.75, 3.05) is 7.11 Å². The molecule has 0 aliphatic carbocycles. The first-order valence-electron chi connectivity index (χ1n) is 8.40. The van der Waals surface area contributed by atoms with E-state index in [-0.39, 0.29) is 0 Å². The van der Waals surface area contributed by atoms with E-state index in [1.165, 1.54) is 0 Å². The first kappa shape index (κ1) is 16.1. The van der Waals surface area contributed by atoms with Gasteiger partial charge in [-0.15, -0.1) is 0 Å². The largest absolute Gasteiger partial charge is 0.493 e. The number of fused-ring (bicyclic) bond motifs is 1. The van der Waals surface area contributed by atoms with E-state index in [0.717, 1.165) is 27.7 Å². The highest BCUT2D eigenvalue weighted by Gasteiger charge is 2.12. The average molecular weight is 342 g/mol. The summed E-state index contributed by atoms with van der Waals surface area (Å²) in [6.07, 6.45) is 1.58. The lowest BCUT2D eigenvalue weighted by Crippen LogP contribution is -1.99. The molecule has 0 radical (unpaired) electrons. The van der Waals surface area contributed by atoms with Gasteiger partial charge in [-0.2, -0.15) is 0 Å². The molecule has 0 bridgehead atoms. The predicted molar refractivity (Wildman–Crippen MR) is 102 cm³/mol. The lowest BCUT2D eigenvalue weighted by molar-refractivity contribution is 0.285. The maximum absolute atomic E-state index is 5.98. The molecule has 4 nitrogen and oxygen atoms in total. The van der Waals surface area contributed by atoms with E-state index in [4.69, 9.17) is 9.47 Å². The number of methoxy groups -OCH3 is 1. The lowest BCUT2D eigenvalue weighted by Gasteiger charge is -2.13. The standard InChI is InChI=1S/C22H18N2O2/c1-25-20-12-18-19(13-21(20)26-14-16-8-4-2-5-9-16)23-15-24-22(18)17-10-6-3-7-11-17/h2-13,15H,14H2,1H3. The zero-order valence-electron chi connectivity index (χ0n) is 14.4. The van der Waals surface area contributed by atoms with Crippen molar-refractivity contribution in [2.45, 2.75) is 6.61 Å². The summed E-state index contributed by atoms with van der Waals surface area (Å²) in [6.45, 7) is 0.472. The molecule has 4 heteroatoms. The summed E-state index contributed by atoms with van der Waals surface area (Å²) in [7, 11) is 1.64. The maximum atomic E-state index is 5.98. The minimum atomic E-state index is 0.472. The Bertz CT molecular complexity index is 1020. The molecule has 4 rings (SSSR count). The number of rotatable bonds is 5. The van der Waals surface area contributed by atoms with Crippen LogP contribution < -0.4 is 9.47 Å². The molecule has 26 heavy (non-hydrogen) atoms. The van der Waals surface area contributed by atoms with E-state index >= 15 is 0 Å². The van der Waals surface area contributed by atoms with Crippen molar-refractivity contribution in [2.24, 2.45) is 0 Å². The number of benzene rings is 3. The van der Waals surface area contributed by atoms with Gasteiger partial charge < -0.3 is 9.47 Å². The van der Waals surface area contributed by atoms with Crippen LogP contribution in [0, 0.1) is 0 Å². The fraction of sp³-hybridized carbons (Fsp3) is 0.0909. The summed E-state index contributed by atoms with van der Waals surface area (Å²) in [5.74, 6) is 1.34. The SMILES string of the molecule is COc1cc2c(-c3ccccc3)ncnc2cc1OCc1ccccc1. The highest BCUT2D eigenvalue weighted by molar-refractivity contribution is 5.94. The highest BCUT2D eigenvalue weighted by atomic mass is 16.5. The van der Waals surface area contributed by atoms with Crippen LogP contribution in [0.3, 0.4) is 0 Å². The van der Waals surface area contributed by atoms with E-state index in [1.807, 2.05) is 72.8 Å². The molecule has 128 valence electrons. The Labute approximate surface area is 152 Å². The summed E-state index contributed by atoms with van der Waals surface area (Å²) in [5, 5.41) is 0.933. The van der Waals surface area contributed by atoms with Crippen molar-refractivity contribution in [3.8, 4) is 22.8 Å². The van der Waals surface area contributed by atoms with Gasteiger partial charge in [-0.1, -0.05) is 60.7 Å². The predicted octanol–water partition coefficient (Wildman–Crippen LogP) is 4.88. The third-order valence-electron chi connectivity index (χ3n) is 4.21. The monoisotopic (exact) mass is 342 g/mol. The van der Waals surface area contributed by atoms with Crippen LogP contribution >= 0.6 is 0 Å². The zero-order chi connectivity index (χ0) is 17.8. The van der Waals surface area contributed by atoms with Crippen molar-refractivity contribution >= 4 is 10.9 Å². The zero-order valence-corrected chi connectivity index (χ0v) is 14.4. The van der Waals surface area contributed by atoms with Gasteiger partial charge in [-0.3, -0.25) is 0 Å². The maximum Gasteiger partial charge on any atom is 0.163 e. The Morgan fingerprint density at radius 1 is 0.808 bits per heavy atom. The van der Waals surface area contributed by atoms with Gasteiger partial charge in [0.2, 0.25) is 0 Å². The van der Waals surface area contributed by atoms with Crippen molar-refractivity contribution in [1.82, 2.24) is 9.97 Å². The van der Waals surface area contributed by atoms with Crippen LogP contribution in [0.15, 0.2) is 79.1 Å². The minimum absolute atomic E-state index is 0.472. The number of ether oxygens (including phenoxy) is 2. The second kappa shape index (κ2) is 7.23.